The minimum atomic E-state index is -0.503. The Bertz CT molecular complexity index is 1490. The van der Waals surface area contributed by atoms with E-state index in [1.807, 2.05) is 0 Å². The Labute approximate surface area is 191 Å². The Morgan fingerprint density at radius 3 is 2.70 bits per heavy atom. The van der Waals surface area contributed by atoms with Gasteiger partial charge in [0.05, 0.1) is 18.2 Å². The summed E-state index contributed by atoms with van der Waals surface area (Å²) in [5.74, 6) is -0.339. The van der Waals surface area contributed by atoms with E-state index >= 15 is 0 Å². The summed E-state index contributed by atoms with van der Waals surface area (Å²) in [6.45, 7) is 2.08. The Morgan fingerprint density at radius 2 is 2.00 bits per heavy atom. The lowest BCUT2D eigenvalue weighted by Crippen LogP contribution is -2.30. The number of rotatable bonds is 6. The number of hydrogen-bond acceptors (Lipinski definition) is 7. The fraction of sp³-hybridized carbons (Fsp3) is 0.318. The van der Waals surface area contributed by atoms with Gasteiger partial charge in [-0.25, -0.2) is 13.9 Å². The molecule has 5 rings (SSSR count). The number of nitrogens with one attached hydrogen (secondary N) is 1. The van der Waals surface area contributed by atoms with Crippen molar-refractivity contribution < 1.29 is 14.3 Å². The van der Waals surface area contributed by atoms with Crippen molar-refractivity contribution >= 4 is 44.7 Å². The molecule has 1 amide bonds. The minimum absolute atomic E-state index is 0.0714. The number of ether oxygens (including phenoxy) is 1. The van der Waals surface area contributed by atoms with Crippen molar-refractivity contribution in [2.75, 3.05) is 11.9 Å². The molecule has 1 atom stereocenters. The van der Waals surface area contributed by atoms with Gasteiger partial charge in [-0.3, -0.25) is 19.0 Å². The maximum atomic E-state index is 13.2. The molecule has 170 valence electrons. The summed E-state index contributed by atoms with van der Waals surface area (Å²) >= 11 is 1.26. The van der Waals surface area contributed by atoms with Crippen molar-refractivity contribution in [1.29, 1.82) is 0 Å². The highest BCUT2D eigenvalue weighted by Gasteiger charge is 2.23. The molecule has 1 unspecified atom stereocenters. The third-order valence-corrected chi connectivity index (χ3v) is 6.56. The zero-order chi connectivity index (χ0) is 23.1. The zero-order valence-corrected chi connectivity index (χ0v) is 18.6. The molecule has 1 fully saturated rings. The van der Waals surface area contributed by atoms with Gasteiger partial charge >= 0.3 is 5.69 Å². The smallest absolute Gasteiger partial charge is 0.352 e. The number of nitrogens with zero attached hydrogens (tertiary/aromatic N) is 4. The lowest BCUT2D eigenvalue weighted by molar-refractivity contribution is -0.117. The quantitative estimate of drug-likeness (QED) is 0.433. The van der Waals surface area contributed by atoms with Crippen LogP contribution in [-0.2, 0) is 22.6 Å². The maximum absolute atomic E-state index is 13.2. The van der Waals surface area contributed by atoms with Crippen LogP contribution in [0.1, 0.15) is 30.1 Å². The Balaban J connectivity index is 1.49. The average Bonchev–Trinajstić information content (AvgIpc) is 3.53. The van der Waals surface area contributed by atoms with Crippen LogP contribution in [0.15, 0.2) is 45.3 Å². The molecule has 4 aromatic rings. The summed E-state index contributed by atoms with van der Waals surface area (Å²) in [4.78, 5) is 50.3. The Kier molecular flexibility index (Phi) is 5.43. The van der Waals surface area contributed by atoms with Crippen LogP contribution >= 0.6 is 11.3 Å². The molecule has 10 nitrogen and oxygen atoms in total. The van der Waals surface area contributed by atoms with Gasteiger partial charge in [0.15, 0.2) is 5.78 Å². The fourth-order valence-corrected chi connectivity index (χ4v) is 4.84. The van der Waals surface area contributed by atoms with E-state index in [4.69, 9.17) is 4.74 Å². The number of carbonyl (C=O) groups excluding carboxylic acids is 2. The Morgan fingerprint density at radius 1 is 1.21 bits per heavy atom. The number of Topliss-reactive ketones (excluding diaryl/α,β-unsaturated/α-hetero) is 1. The molecule has 1 aromatic carbocycles. The zero-order valence-electron chi connectivity index (χ0n) is 17.8. The van der Waals surface area contributed by atoms with Crippen molar-refractivity contribution in [3.8, 4) is 0 Å². The predicted molar refractivity (Wildman–Crippen MR) is 123 cm³/mol. The van der Waals surface area contributed by atoms with Crippen LogP contribution in [-0.4, -0.2) is 43.1 Å². The molecule has 0 saturated carbocycles. The van der Waals surface area contributed by atoms with Gasteiger partial charge in [0.25, 0.3) is 5.56 Å². The molecule has 1 aliphatic heterocycles. The molecule has 33 heavy (non-hydrogen) atoms. The van der Waals surface area contributed by atoms with E-state index < -0.39 is 11.6 Å². The van der Waals surface area contributed by atoms with E-state index in [-0.39, 0.29) is 29.8 Å². The molecule has 0 aliphatic carbocycles. The summed E-state index contributed by atoms with van der Waals surface area (Å²) in [5, 5.41) is 8.79. The lowest BCUT2D eigenvalue weighted by Gasteiger charge is -2.12. The van der Waals surface area contributed by atoms with Crippen LogP contribution in [0.25, 0.3) is 16.0 Å². The highest BCUT2D eigenvalue weighted by molar-refractivity contribution is 7.17. The van der Waals surface area contributed by atoms with Gasteiger partial charge in [-0.05, 0) is 55.5 Å². The van der Waals surface area contributed by atoms with E-state index in [9.17, 15) is 19.2 Å². The van der Waals surface area contributed by atoms with E-state index in [1.54, 1.807) is 35.7 Å². The standard InChI is InChI=1S/C22H21N5O5S/c1-13(28)14-4-6-15(7-5-14)23-18(29)12-26-22(31)27-17-8-10-33-19(17)20(30)25(21(27)24-26)11-16-3-2-9-32-16/h4-8,10,16H,2-3,9,11-12H2,1H3,(H,23,29). The summed E-state index contributed by atoms with van der Waals surface area (Å²) in [5.41, 5.74) is 0.776. The highest BCUT2D eigenvalue weighted by Crippen LogP contribution is 2.19. The SMILES string of the molecule is CC(=O)c1ccc(NC(=O)Cn2nc3n(CC4CCCO4)c(=O)c4sccc4n3c2=O)cc1. The fourth-order valence-electron chi connectivity index (χ4n) is 4.02. The summed E-state index contributed by atoms with van der Waals surface area (Å²) in [7, 11) is 0. The number of benzene rings is 1. The van der Waals surface area contributed by atoms with Crippen LogP contribution in [0.5, 0.6) is 0 Å². The monoisotopic (exact) mass is 467 g/mol. The third-order valence-electron chi connectivity index (χ3n) is 5.67. The first-order valence-corrected chi connectivity index (χ1v) is 11.4. The van der Waals surface area contributed by atoms with E-state index in [0.717, 1.165) is 17.5 Å². The molecular weight excluding hydrogens is 446 g/mol. The molecule has 0 bridgehead atoms. The van der Waals surface area contributed by atoms with Gasteiger partial charge in [-0.15, -0.1) is 16.4 Å². The maximum Gasteiger partial charge on any atom is 0.352 e. The topological polar surface area (TPSA) is 117 Å². The number of aromatic nitrogens is 4. The number of thiophene rings is 1. The third kappa shape index (κ3) is 3.89. The van der Waals surface area contributed by atoms with Crippen molar-refractivity contribution in [2.45, 2.75) is 39.0 Å². The van der Waals surface area contributed by atoms with Crippen LogP contribution in [0.4, 0.5) is 5.69 Å². The second kappa shape index (κ2) is 8.41. The first-order chi connectivity index (χ1) is 15.9. The summed E-state index contributed by atoms with van der Waals surface area (Å²) in [6, 6.07) is 8.18. The number of carbonyl (C=O) groups is 2. The number of amides is 1. The molecule has 4 heterocycles. The lowest BCUT2D eigenvalue weighted by atomic mass is 10.1. The first kappa shape index (κ1) is 21.3. The van der Waals surface area contributed by atoms with E-state index in [1.165, 1.54) is 27.2 Å². The second-order valence-electron chi connectivity index (χ2n) is 7.94. The van der Waals surface area contributed by atoms with Crippen molar-refractivity contribution in [3.05, 3.63) is 62.1 Å². The number of hydrogen-bond donors (Lipinski definition) is 1. The molecule has 0 spiro atoms. The number of anilines is 1. The molecule has 1 N–H and O–H groups in total. The molecule has 0 radical (unpaired) electrons. The van der Waals surface area contributed by atoms with Gasteiger partial charge in [0, 0.05) is 17.9 Å². The highest BCUT2D eigenvalue weighted by atomic mass is 32.1. The summed E-state index contributed by atoms with van der Waals surface area (Å²) < 4.78 is 10.0. The largest absolute Gasteiger partial charge is 0.376 e. The van der Waals surface area contributed by atoms with Gasteiger partial charge in [-0.2, -0.15) is 0 Å². The first-order valence-electron chi connectivity index (χ1n) is 10.5. The summed E-state index contributed by atoms with van der Waals surface area (Å²) in [6.07, 6.45) is 1.63. The van der Waals surface area contributed by atoms with Crippen molar-refractivity contribution in [1.82, 2.24) is 18.7 Å². The van der Waals surface area contributed by atoms with Gasteiger partial charge in [0.2, 0.25) is 11.7 Å². The molecule has 11 heteroatoms. The van der Waals surface area contributed by atoms with Gasteiger partial charge < -0.3 is 10.1 Å². The predicted octanol–water partition coefficient (Wildman–Crippen LogP) is 1.89. The van der Waals surface area contributed by atoms with Gasteiger partial charge in [-0.1, -0.05) is 0 Å². The van der Waals surface area contributed by atoms with Crippen LogP contribution in [0, 0.1) is 0 Å². The van der Waals surface area contributed by atoms with Crippen molar-refractivity contribution in [3.63, 3.8) is 0 Å². The Hall–Kier alpha value is -3.57. The van der Waals surface area contributed by atoms with Gasteiger partial charge in [0.1, 0.15) is 11.2 Å². The molecule has 1 saturated heterocycles. The van der Waals surface area contributed by atoms with Crippen molar-refractivity contribution in [2.24, 2.45) is 0 Å². The van der Waals surface area contributed by atoms with E-state index in [0.29, 0.717) is 34.6 Å². The molecule has 1 aliphatic rings. The minimum Gasteiger partial charge on any atom is -0.376 e. The normalized spacial score (nSPS) is 16.0. The van der Waals surface area contributed by atoms with Crippen LogP contribution < -0.4 is 16.6 Å². The van der Waals surface area contributed by atoms with E-state index in [2.05, 4.69) is 10.4 Å². The van der Waals surface area contributed by atoms with Crippen LogP contribution in [0.2, 0.25) is 0 Å². The average molecular weight is 468 g/mol. The molecular formula is C22H21N5O5S. The number of ketones is 1. The van der Waals surface area contributed by atoms with Crippen LogP contribution in [0.3, 0.4) is 0 Å². The second-order valence-corrected chi connectivity index (χ2v) is 8.86. The number of fused-ring (bicyclic) bond motifs is 3. The molecule has 3 aromatic heterocycles.